The van der Waals surface area contributed by atoms with Crippen LogP contribution in [-0.4, -0.2) is 6.04 Å². The predicted octanol–water partition coefficient (Wildman–Crippen LogP) is 4.69. The van der Waals surface area contributed by atoms with Crippen molar-refractivity contribution in [3.8, 4) is 0 Å². The van der Waals surface area contributed by atoms with Gasteiger partial charge in [-0.15, -0.1) is 0 Å². The lowest BCUT2D eigenvalue weighted by Crippen LogP contribution is -2.37. The van der Waals surface area contributed by atoms with E-state index in [9.17, 15) is 17.6 Å². The van der Waals surface area contributed by atoms with Crippen LogP contribution in [0.15, 0.2) is 18.2 Å². The van der Waals surface area contributed by atoms with Crippen LogP contribution in [0.3, 0.4) is 0 Å². The van der Waals surface area contributed by atoms with Gasteiger partial charge >= 0.3 is 6.18 Å². The van der Waals surface area contributed by atoms with Gasteiger partial charge in [-0.25, -0.2) is 4.39 Å². The molecule has 0 radical (unpaired) electrons. The number of halogens is 4. The fourth-order valence-corrected chi connectivity index (χ4v) is 2.39. The molecular weight excluding hydrogens is 258 g/mol. The minimum absolute atomic E-state index is 0.193. The van der Waals surface area contributed by atoms with Crippen molar-refractivity contribution in [1.29, 1.82) is 0 Å². The largest absolute Gasteiger partial charge is 0.419 e. The number of alkyl halides is 3. The minimum Gasteiger partial charge on any atom is -0.382 e. The third kappa shape index (κ3) is 3.19. The quantitative estimate of drug-likeness (QED) is 0.789. The zero-order valence-electron chi connectivity index (χ0n) is 10.9. The van der Waals surface area contributed by atoms with Gasteiger partial charge in [0.1, 0.15) is 5.82 Å². The molecule has 0 atom stereocenters. The van der Waals surface area contributed by atoms with Crippen molar-refractivity contribution in [1.82, 2.24) is 0 Å². The summed E-state index contributed by atoms with van der Waals surface area (Å²) >= 11 is 0. The van der Waals surface area contributed by atoms with E-state index in [-0.39, 0.29) is 6.04 Å². The molecule has 0 aromatic heterocycles. The normalized spacial score (nSPS) is 23.3. The van der Waals surface area contributed by atoms with Crippen molar-refractivity contribution in [3.05, 3.63) is 29.6 Å². The molecule has 1 fully saturated rings. The highest BCUT2D eigenvalue weighted by Crippen LogP contribution is 2.37. The molecule has 0 saturated heterocycles. The Bertz CT molecular complexity index is 447. The number of benzene rings is 1. The summed E-state index contributed by atoms with van der Waals surface area (Å²) in [5, 5.41) is 3.04. The maximum Gasteiger partial charge on any atom is 0.419 e. The lowest BCUT2D eigenvalue weighted by atomic mass is 9.73. The lowest BCUT2D eigenvalue weighted by molar-refractivity contribution is -0.139. The average molecular weight is 275 g/mol. The summed E-state index contributed by atoms with van der Waals surface area (Å²) in [7, 11) is 0. The molecule has 1 aliphatic rings. The van der Waals surface area contributed by atoms with E-state index in [1.807, 2.05) is 0 Å². The van der Waals surface area contributed by atoms with Gasteiger partial charge in [0.15, 0.2) is 0 Å². The van der Waals surface area contributed by atoms with E-state index in [4.69, 9.17) is 0 Å². The zero-order valence-corrected chi connectivity index (χ0v) is 10.9. The van der Waals surface area contributed by atoms with E-state index in [1.54, 1.807) is 0 Å². The van der Waals surface area contributed by atoms with Crippen LogP contribution in [0.25, 0.3) is 0 Å². The standard InChI is InChI=1S/C14H17F4N/c1-8(2)9-5-11(6-9)19-10-3-4-13(15)12(7-10)14(16,17)18/h3-4,7-9,11,19H,5-6H2,1-2H3. The van der Waals surface area contributed by atoms with E-state index < -0.39 is 17.6 Å². The number of hydrogen-bond acceptors (Lipinski definition) is 1. The van der Waals surface area contributed by atoms with Gasteiger partial charge in [0.2, 0.25) is 0 Å². The molecule has 1 aromatic carbocycles. The Labute approximate surface area is 110 Å². The minimum atomic E-state index is -4.65. The summed E-state index contributed by atoms with van der Waals surface area (Å²) in [6, 6.07) is 3.26. The van der Waals surface area contributed by atoms with Gasteiger partial charge in [0.25, 0.3) is 0 Å². The molecule has 19 heavy (non-hydrogen) atoms. The highest BCUT2D eigenvalue weighted by molar-refractivity contribution is 5.48. The molecule has 1 saturated carbocycles. The summed E-state index contributed by atoms with van der Waals surface area (Å²) in [5.74, 6) is -0.0104. The fraction of sp³-hybridized carbons (Fsp3) is 0.571. The molecule has 1 aliphatic carbocycles. The summed E-state index contributed by atoms with van der Waals surface area (Å²) in [5.41, 5.74) is -0.877. The summed E-state index contributed by atoms with van der Waals surface area (Å²) in [6.45, 7) is 4.28. The van der Waals surface area contributed by atoms with E-state index in [0.717, 1.165) is 25.0 Å². The Morgan fingerprint density at radius 3 is 2.37 bits per heavy atom. The number of anilines is 1. The molecule has 1 N–H and O–H groups in total. The number of nitrogens with one attached hydrogen (secondary N) is 1. The highest BCUT2D eigenvalue weighted by Gasteiger charge is 2.35. The van der Waals surface area contributed by atoms with Crippen LogP contribution in [0, 0.1) is 17.7 Å². The molecule has 0 heterocycles. The molecule has 0 amide bonds. The zero-order chi connectivity index (χ0) is 14.2. The predicted molar refractivity (Wildman–Crippen MR) is 66.4 cm³/mol. The molecule has 1 aromatic rings. The molecule has 106 valence electrons. The summed E-state index contributed by atoms with van der Waals surface area (Å²) < 4.78 is 50.8. The number of hydrogen-bond donors (Lipinski definition) is 1. The Balaban J connectivity index is 2.03. The smallest absolute Gasteiger partial charge is 0.382 e. The Kier molecular flexibility index (Phi) is 3.74. The van der Waals surface area contributed by atoms with Crippen molar-refractivity contribution in [3.63, 3.8) is 0 Å². The lowest BCUT2D eigenvalue weighted by Gasteiger charge is -2.39. The van der Waals surface area contributed by atoms with Crippen LogP contribution in [0.5, 0.6) is 0 Å². The van der Waals surface area contributed by atoms with Gasteiger partial charge in [-0.2, -0.15) is 13.2 Å². The second kappa shape index (κ2) is 5.02. The van der Waals surface area contributed by atoms with Gasteiger partial charge < -0.3 is 5.32 Å². The monoisotopic (exact) mass is 275 g/mol. The van der Waals surface area contributed by atoms with Crippen LogP contribution in [0.1, 0.15) is 32.3 Å². The second-order valence-electron chi connectivity index (χ2n) is 5.51. The second-order valence-corrected chi connectivity index (χ2v) is 5.51. The third-order valence-corrected chi connectivity index (χ3v) is 3.76. The molecule has 0 bridgehead atoms. The van der Waals surface area contributed by atoms with Crippen molar-refractivity contribution >= 4 is 5.69 Å². The Morgan fingerprint density at radius 2 is 1.84 bits per heavy atom. The molecular formula is C14H17F4N. The Morgan fingerprint density at radius 1 is 1.21 bits per heavy atom. The Hall–Kier alpha value is -1.26. The van der Waals surface area contributed by atoms with Gasteiger partial charge in [-0.1, -0.05) is 13.8 Å². The molecule has 1 nitrogen and oxygen atoms in total. The van der Waals surface area contributed by atoms with E-state index in [1.165, 1.54) is 6.07 Å². The van der Waals surface area contributed by atoms with E-state index >= 15 is 0 Å². The third-order valence-electron chi connectivity index (χ3n) is 3.76. The number of rotatable bonds is 3. The SMILES string of the molecule is CC(C)C1CC(Nc2ccc(F)c(C(F)(F)F)c2)C1. The van der Waals surface area contributed by atoms with E-state index in [0.29, 0.717) is 17.5 Å². The first-order valence-corrected chi connectivity index (χ1v) is 6.40. The van der Waals surface area contributed by atoms with Crippen molar-refractivity contribution < 1.29 is 17.6 Å². The molecule has 2 rings (SSSR count). The summed E-state index contributed by atoms with van der Waals surface area (Å²) in [6.07, 6.45) is -2.74. The fourth-order valence-electron chi connectivity index (χ4n) is 2.39. The molecule has 0 aliphatic heterocycles. The van der Waals surface area contributed by atoms with Crippen LogP contribution in [0.2, 0.25) is 0 Å². The first-order chi connectivity index (χ1) is 8.77. The highest BCUT2D eigenvalue weighted by atomic mass is 19.4. The van der Waals surface area contributed by atoms with Gasteiger partial charge in [-0.05, 0) is 42.9 Å². The summed E-state index contributed by atoms with van der Waals surface area (Å²) in [4.78, 5) is 0. The van der Waals surface area contributed by atoms with Crippen LogP contribution in [-0.2, 0) is 6.18 Å². The maximum absolute atomic E-state index is 13.1. The van der Waals surface area contributed by atoms with Crippen molar-refractivity contribution in [2.45, 2.75) is 38.9 Å². The van der Waals surface area contributed by atoms with Gasteiger partial charge in [-0.3, -0.25) is 0 Å². The van der Waals surface area contributed by atoms with Crippen molar-refractivity contribution in [2.75, 3.05) is 5.32 Å². The van der Waals surface area contributed by atoms with Crippen LogP contribution >= 0.6 is 0 Å². The first kappa shape index (κ1) is 14.2. The van der Waals surface area contributed by atoms with Crippen molar-refractivity contribution in [2.24, 2.45) is 11.8 Å². The van der Waals surface area contributed by atoms with Crippen LogP contribution in [0.4, 0.5) is 23.2 Å². The van der Waals surface area contributed by atoms with E-state index in [2.05, 4.69) is 19.2 Å². The maximum atomic E-state index is 13.1. The van der Waals surface area contributed by atoms with Gasteiger partial charge in [0.05, 0.1) is 5.56 Å². The van der Waals surface area contributed by atoms with Crippen LogP contribution < -0.4 is 5.32 Å². The molecule has 0 unspecified atom stereocenters. The molecule has 5 heteroatoms. The first-order valence-electron chi connectivity index (χ1n) is 6.40. The molecule has 0 spiro atoms. The topological polar surface area (TPSA) is 12.0 Å². The average Bonchev–Trinajstić information content (AvgIpc) is 2.22. The van der Waals surface area contributed by atoms with Gasteiger partial charge in [0, 0.05) is 11.7 Å².